The highest BCUT2D eigenvalue weighted by Gasteiger charge is 2.05. The first kappa shape index (κ1) is 13.1. The molecular weight excluding hydrogens is 266 g/mol. The maximum absolute atomic E-state index is 10.9. The molecule has 0 aliphatic heterocycles. The molecule has 0 atom stereocenters. The van der Waals surface area contributed by atoms with Crippen molar-refractivity contribution in [2.45, 2.75) is 13.1 Å². The van der Waals surface area contributed by atoms with Gasteiger partial charge in [-0.3, -0.25) is 14.3 Å². The summed E-state index contributed by atoms with van der Waals surface area (Å²) in [7, 11) is 0. The summed E-state index contributed by atoms with van der Waals surface area (Å²) >= 11 is 1.45. The fourth-order valence-electron chi connectivity index (χ4n) is 1.49. The van der Waals surface area contributed by atoms with Crippen LogP contribution in [0.2, 0.25) is 0 Å². The maximum atomic E-state index is 10.9. The van der Waals surface area contributed by atoms with Crippen molar-refractivity contribution in [3.63, 3.8) is 0 Å². The average Bonchev–Trinajstić information content (AvgIpc) is 2.94. The topological polar surface area (TPSA) is 116 Å². The van der Waals surface area contributed by atoms with Gasteiger partial charge in [-0.1, -0.05) is 0 Å². The van der Waals surface area contributed by atoms with Crippen LogP contribution in [0, 0.1) is 0 Å². The molecular formula is C11H13N5O2S. The fraction of sp³-hybridized carbons (Fsp3) is 0.182. The number of nitrogens with zero attached hydrogens (tertiary/aromatic N) is 2. The van der Waals surface area contributed by atoms with Crippen molar-refractivity contribution in [2.75, 3.05) is 5.32 Å². The van der Waals surface area contributed by atoms with Gasteiger partial charge in [0.2, 0.25) is 11.8 Å². The highest BCUT2D eigenvalue weighted by Crippen LogP contribution is 2.16. The van der Waals surface area contributed by atoms with Crippen LogP contribution in [-0.2, 0) is 17.9 Å². The summed E-state index contributed by atoms with van der Waals surface area (Å²) in [5, 5.41) is 8.83. The summed E-state index contributed by atoms with van der Waals surface area (Å²) in [6.07, 6.45) is 3.29. The molecule has 0 spiro atoms. The number of aromatic nitrogens is 2. The van der Waals surface area contributed by atoms with E-state index in [0.29, 0.717) is 12.1 Å². The van der Waals surface area contributed by atoms with Crippen LogP contribution in [0.15, 0.2) is 23.8 Å². The Kier molecular flexibility index (Phi) is 3.81. The number of thiophene rings is 1. The first-order valence-electron chi connectivity index (χ1n) is 5.46. The van der Waals surface area contributed by atoms with Crippen molar-refractivity contribution in [1.82, 2.24) is 9.78 Å². The molecule has 2 rings (SSSR count). The van der Waals surface area contributed by atoms with Gasteiger partial charge in [0.1, 0.15) is 6.54 Å². The number of rotatable bonds is 6. The van der Waals surface area contributed by atoms with Crippen LogP contribution in [0.4, 0.5) is 5.69 Å². The third-order valence-corrected chi connectivity index (χ3v) is 3.29. The summed E-state index contributed by atoms with van der Waals surface area (Å²) in [5.41, 5.74) is 11.5. The minimum atomic E-state index is -0.445. The lowest BCUT2D eigenvalue weighted by Crippen LogP contribution is -2.18. The van der Waals surface area contributed by atoms with Gasteiger partial charge in [-0.2, -0.15) is 5.10 Å². The zero-order chi connectivity index (χ0) is 13.8. The Hall–Kier alpha value is -2.35. The van der Waals surface area contributed by atoms with Crippen LogP contribution in [0.5, 0.6) is 0 Å². The average molecular weight is 279 g/mol. The van der Waals surface area contributed by atoms with E-state index < -0.39 is 11.8 Å². The van der Waals surface area contributed by atoms with Crippen LogP contribution in [0.1, 0.15) is 15.2 Å². The second-order valence-electron chi connectivity index (χ2n) is 3.91. The Morgan fingerprint density at radius 1 is 1.42 bits per heavy atom. The smallest absolute Gasteiger partial charge is 0.249 e. The van der Waals surface area contributed by atoms with Gasteiger partial charge in [-0.15, -0.1) is 11.3 Å². The monoisotopic (exact) mass is 279 g/mol. The van der Waals surface area contributed by atoms with Crippen LogP contribution < -0.4 is 16.8 Å². The van der Waals surface area contributed by atoms with E-state index in [-0.39, 0.29) is 6.54 Å². The number of hydrogen-bond acceptors (Lipinski definition) is 5. The second-order valence-corrected chi connectivity index (χ2v) is 4.91. The largest absolute Gasteiger partial charge is 0.378 e. The van der Waals surface area contributed by atoms with Gasteiger partial charge in [0.05, 0.1) is 17.4 Å². The molecule has 0 unspecified atom stereocenters. The molecule has 0 saturated carbocycles. The minimum Gasteiger partial charge on any atom is -0.378 e. The molecule has 0 radical (unpaired) electrons. The zero-order valence-electron chi connectivity index (χ0n) is 10.00. The number of anilines is 1. The number of carbonyl (C=O) groups excluding carboxylic acids is 2. The van der Waals surface area contributed by atoms with Gasteiger partial charge in [-0.05, 0) is 6.07 Å². The lowest BCUT2D eigenvalue weighted by Gasteiger charge is -2.00. The molecule has 0 aromatic carbocycles. The van der Waals surface area contributed by atoms with E-state index in [1.807, 2.05) is 0 Å². The van der Waals surface area contributed by atoms with Crippen LogP contribution in [0.25, 0.3) is 0 Å². The molecule has 0 saturated heterocycles. The molecule has 2 heterocycles. The van der Waals surface area contributed by atoms with E-state index in [0.717, 1.165) is 10.6 Å². The van der Waals surface area contributed by atoms with Gasteiger partial charge >= 0.3 is 0 Å². The number of amides is 2. The van der Waals surface area contributed by atoms with Crippen LogP contribution in [0.3, 0.4) is 0 Å². The molecule has 100 valence electrons. The highest BCUT2D eigenvalue weighted by atomic mass is 32.1. The number of carbonyl (C=O) groups is 2. The molecule has 0 aliphatic carbocycles. The van der Waals surface area contributed by atoms with E-state index in [1.165, 1.54) is 16.0 Å². The minimum absolute atomic E-state index is 0.0481. The molecule has 8 heteroatoms. The third kappa shape index (κ3) is 3.55. The third-order valence-electron chi connectivity index (χ3n) is 2.36. The van der Waals surface area contributed by atoms with Crippen molar-refractivity contribution >= 4 is 28.8 Å². The quantitative estimate of drug-likeness (QED) is 0.697. The first-order chi connectivity index (χ1) is 9.04. The Morgan fingerprint density at radius 3 is 2.84 bits per heavy atom. The van der Waals surface area contributed by atoms with Gasteiger partial charge in [-0.25, -0.2) is 0 Å². The predicted molar refractivity (Wildman–Crippen MR) is 71.6 cm³/mol. The summed E-state index contributed by atoms with van der Waals surface area (Å²) in [5.74, 6) is -0.879. The lowest BCUT2D eigenvalue weighted by atomic mass is 10.3. The van der Waals surface area contributed by atoms with E-state index in [4.69, 9.17) is 11.5 Å². The summed E-state index contributed by atoms with van der Waals surface area (Å²) in [4.78, 5) is 22.7. The van der Waals surface area contributed by atoms with E-state index in [2.05, 4.69) is 10.4 Å². The highest BCUT2D eigenvalue weighted by molar-refractivity contribution is 7.10. The molecule has 5 N–H and O–H groups in total. The molecule has 0 fully saturated rings. The van der Waals surface area contributed by atoms with E-state index in [9.17, 15) is 9.59 Å². The Bertz CT molecular complexity index is 604. The van der Waals surface area contributed by atoms with Crippen molar-refractivity contribution in [1.29, 1.82) is 0 Å². The number of nitrogens with one attached hydrogen (secondary N) is 1. The van der Waals surface area contributed by atoms with Gasteiger partial charge in [0.25, 0.3) is 0 Å². The Balaban J connectivity index is 1.92. The molecule has 0 aliphatic rings. The first-order valence-corrected chi connectivity index (χ1v) is 6.34. The number of primary amides is 2. The second kappa shape index (κ2) is 5.53. The zero-order valence-corrected chi connectivity index (χ0v) is 10.8. The Morgan fingerprint density at radius 2 is 2.21 bits per heavy atom. The SMILES string of the molecule is NC(=O)Cn1cc(NCc2cc(C(N)=O)cs2)cn1. The standard InChI is InChI=1S/C11H13N5O2S/c12-10(17)5-16-4-8(2-15-16)14-3-9-1-7(6-19-9)11(13)18/h1-2,4,6,14H,3,5H2,(H2,12,17)(H2,13,18). The molecule has 2 amide bonds. The van der Waals surface area contributed by atoms with Gasteiger partial charge < -0.3 is 16.8 Å². The normalized spacial score (nSPS) is 10.3. The maximum Gasteiger partial charge on any atom is 0.249 e. The molecule has 2 aromatic rings. The summed E-state index contributed by atoms with van der Waals surface area (Å²) < 4.78 is 1.45. The molecule has 2 aromatic heterocycles. The number of hydrogen-bond donors (Lipinski definition) is 3. The van der Waals surface area contributed by atoms with E-state index in [1.54, 1.807) is 23.8 Å². The molecule has 19 heavy (non-hydrogen) atoms. The van der Waals surface area contributed by atoms with E-state index >= 15 is 0 Å². The van der Waals surface area contributed by atoms with Crippen molar-refractivity contribution in [3.05, 3.63) is 34.3 Å². The van der Waals surface area contributed by atoms with Crippen molar-refractivity contribution < 1.29 is 9.59 Å². The predicted octanol–water partition coefficient (Wildman–Crippen LogP) is 0.141. The molecule has 7 nitrogen and oxygen atoms in total. The number of nitrogens with two attached hydrogens (primary N) is 2. The van der Waals surface area contributed by atoms with Crippen LogP contribution >= 0.6 is 11.3 Å². The molecule has 0 bridgehead atoms. The summed E-state index contributed by atoms with van der Waals surface area (Å²) in [6.45, 7) is 0.604. The van der Waals surface area contributed by atoms with Crippen LogP contribution in [-0.4, -0.2) is 21.6 Å². The summed E-state index contributed by atoms with van der Waals surface area (Å²) in [6, 6.07) is 1.74. The lowest BCUT2D eigenvalue weighted by molar-refractivity contribution is -0.118. The van der Waals surface area contributed by atoms with Gasteiger partial charge in [0.15, 0.2) is 0 Å². The Labute approximate surface area is 113 Å². The fourth-order valence-corrected chi connectivity index (χ4v) is 2.31. The van der Waals surface area contributed by atoms with Gasteiger partial charge in [0, 0.05) is 23.0 Å². The van der Waals surface area contributed by atoms with Crippen molar-refractivity contribution in [2.24, 2.45) is 11.5 Å². The van der Waals surface area contributed by atoms with Crippen molar-refractivity contribution in [3.8, 4) is 0 Å².